The van der Waals surface area contributed by atoms with Gasteiger partial charge < -0.3 is 4.74 Å². The SMILES string of the molecule is C/C(=C\C(=O)OCC(C)C)C(F)F. The van der Waals surface area contributed by atoms with Gasteiger partial charge in [0, 0.05) is 6.08 Å². The maximum atomic E-state index is 11.9. The summed E-state index contributed by atoms with van der Waals surface area (Å²) in [5, 5.41) is 0. The summed E-state index contributed by atoms with van der Waals surface area (Å²) in [5.41, 5.74) is -0.270. The van der Waals surface area contributed by atoms with E-state index in [1.165, 1.54) is 6.92 Å². The summed E-state index contributed by atoms with van der Waals surface area (Å²) in [6.07, 6.45) is -1.76. The van der Waals surface area contributed by atoms with Crippen LogP contribution in [-0.2, 0) is 9.53 Å². The fourth-order valence-electron chi connectivity index (χ4n) is 0.539. The molecule has 2 nitrogen and oxygen atoms in total. The first-order chi connectivity index (χ1) is 5.93. The van der Waals surface area contributed by atoms with Crippen LogP contribution < -0.4 is 0 Å². The zero-order chi connectivity index (χ0) is 10.4. The average Bonchev–Trinajstić information content (AvgIpc) is 2.00. The molecule has 0 aromatic carbocycles. The summed E-state index contributed by atoms with van der Waals surface area (Å²) < 4.78 is 28.5. The first-order valence-electron chi connectivity index (χ1n) is 4.06. The molecule has 0 aromatic rings. The van der Waals surface area contributed by atoms with Crippen LogP contribution in [0.5, 0.6) is 0 Å². The van der Waals surface area contributed by atoms with Crippen LogP contribution in [-0.4, -0.2) is 19.0 Å². The second kappa shape index (κ2) is 5.67. The normalized spacial score (nSPS) is 12.4. The first-order valence-corrected chi connectivity index (χ1v) is 4.06. The highest BCUT2D eigenvalue weighted by molar-refractivity contribution is 5.82. The maximum Gasteiger partial charge on any atom is 0.330 e. The summed E-state index contributed by atoms with van der Waals surface area (Å²) in [6.45, 7) is 5.20. The third-order valence-electron chi connectivity index (χ3n) is 1.25. The molecule has 0 unspecified atom stereocenters. The number of hydrogen-bond donors (Lipinski definition) is 0. The molecule has 0 aliphatic carbocycles. The van der Waals surface area contributed by atoms with Crippen molar-refractivity contribution in [1.29, 1.82) is 0 Å². The minimum Gasteiger partial charge on any atom is -0.462 e. The Labute approximate surface area is 76.6 Å². The molecule has 0 aliphatic heterocycles. The Morgan fingerprint density at radius 1 is 1.46 bits per heavy atom. The second-order valence-electron chi connectivity index (χ2n) is 3.21. The van der Waals surface area contributed by atoms with Crippen LogP contribution in [0.1, 0.15) is 20.8 Å². The highest BCUT2D eigenvalue weighted by atomic mass is 19.3. The number of hydrogen-bond acceptors (Lipinski definition) is 2. The van der Waals surface area contributed by atoms with Crippen molar-refractivity contribution >= 4 is 5.97 Å². The molecular formula is C9H14F2O2. The summed E-state index contributed by atoms with van der Waals surface area (Å²) in [4.78, 5) is 10.8. The Morgan fingerprint density at radius 3 is 2.38 bits per heavy atom. The Kier molecular flexibility index (Phi) is 5.26. The molecule has 0 N–H and O–H groups in total. The zero-order valence-electron chi connectivity index (χ0n) is 8.01. The zero-order valence-corrected chi connectivity index (χ0v) is 8.01. The predicted molar refractivity (Wildman–Crippen MR) is 45.6 cm³/mol. The van der Waals surface area contributed by atoms with Gasteiger partial charge in [0.15, 0.2) is 0 Å². The van der Waals surface area contributed by atoms with Crippen molar-refractivity contribution in [3.05, 3.63) is 11.6 Å². The standard InChI is InChI=1S/C9H14F2O2/c1-6(2)5-13-8(12)4-7(3)9(10)11/h4,6,9H,5H2,1-3H3/b7-4+. The number of alkyl halides is 2. The smallest absolute Gasteiger partial charge is 0.330 e. The van der Waals surface area contributed by atoms with Gasteiger partial charge in [-0.1, -0.05) is 13.8 Å². The molecule has 13 heavy (non-hydrogen) atoms. The lowest BCUT2D eigenvalue weighted by Gasteiger charge is -2.04. The Hall–Kier alpha value is -0.930. The van der Waals surface area contributed by atoms with E-state index < -0.39 is 12.4 Å². The number of esters is 1. The van der Waals surface area contributed by atoms with Crippen LogP contribution in [0, 0.1) is 5.92 Å². The van der Waals surface area contributed by atoms with Gasteiger partial charge in [-0.15, -0.1) is 0 Å². The molecule has 0 spiro atoms. The van der Waals surface area contributed by atoms with Crippen molar-refractivity contribution < 1.29 is 18.3 Å². The summed E-state index contributed by atoms with van der Waals surface area (Å²) in [7, 11) is 0. The number of rotatable bonds is 4. The third-order valence-corrected chi connectivity index (χ3v) is 1.25. The van der Waals surface area contributed by atoms with Gasteiger partial charge in [0.2, 0.25) is 0 Å². The van der Waals surface area contributed by atoms with Crippen molar-refractivity contribution in [3.63, 3.8) is 0 Å². The molecule has 76 valence electrons. The molecule has 0 atom stereocenters. The van der Waals surface area contributed by atoms with Gasteiger partial charge >= 0.3 is 5.97 Å². The van der Waals surface area contributed by atoms with Gasteiger partial charge in [-0.05, 0) is 18.4 Å². The molecule has 0 fully saturated rings. The van der Waals surface area contributed by atoms with Gasteiger partial charge in [-0.3, -0.25) is 0 Å². The summed E-state index contributed by atoms with van der Waals surface area (Å²) in [6, 6.07) is 0. The molecule has 0 heterocycles. The van der Waals surface area contributed by atoms with E-state index in [1.54, 1.807) is 0 Å². The molecule has 0 aromatic heterocycles. The van der Waals surface area contributed by atoms with E-state index in [-0.39, 0.29) is 18.1 Å². The van der Waals surface area contributed by atoms with Gasteiger partial charge in [-0.2, -0.15) is 0 Å². The van der Waals surface area contributed by atoms with Crippen molar-refractivity contribution in [3.8, 4) is 0 Å². The molecule has 0 amide bonds. The molecule has 0 rings (SSSR count). The van der Waals surface area contributed by atoms with E-state index in [9.17, 15) is 13.6 Å². The van der Waals surface area contributed by atoms with Crippen LogP contribution >= 0.6 is 0 Å². The first kappa shape index (κ1) is 12.1. The van der Waals surface area contributed by atoms with Crippen molar-refractivity contribution in [2.45, 2.75) is 27.2 Å². The molecule has 0 saturated carbocycles. The van der Waals surface area contributed by atoms with Crippen LogP contribution in [0.3, 0.4) is 0 Å². The van der Waals surface area contributed by atoms with Crippen molar-refractivity contribution in [2.24, 2.45) is 5.92 Å². The van der Waals surface area contributed by atoms with E-state index in [2.05, 4.69) is 4.74 Å². The molecular weight excluding hydrogens is 178 g/mol. The fourth-order valence-corrected chi connectivity index (χ4v) is 0.539. The molecule has 0 saturated heterocycles. The van der Waals surface area contributed by atoms with Gasteiger partial charge in [-0.25, -0.2) is 13.6 Å². The van der Waals surface area contributed by atoms with E-state index >= 15 is 0 Å². The number of carbonyl (C=O) groups is 1. The van der Waals surface area contributed by atoms with Crippen LogP contribution in [0.15, 0.2) is 11.6 Å². The largest absolute Gasteiger partial charge is 0.462 e. The molecule has 4 heteroatoms. The Balaban J connectivity index is 3.93. The number of allylic oxidation sites excluding steroid dienone is 1. The van der Waals surface area contributed by atoms with Gasteiger partial charge in [0.05, 0.1) is 6.61 Å². The molecule has 0 aliphatic rings. The summed E-state index contributed by atoms with van der Waals surface area (Å²) >= 11 is 0. The number of carbonyl (C=O) groups excluding carboxylic acids is 1. The average molecular weight is 192 g/mol. The summed E-state index contributed by atoms with van der Waals surface area (Å²) in [5.74, 6) is -0.490. The van der Waals surface area contributed by atoms with Gasteiger partial charge in [0.25, 0.3) is 6.43 Å². The lowest BCUT2D eigenvalue weighted by molar-refractivity contribution is -0.138. The predicted octanol–water partition coefficient (Wildman–Crippen LogP) is 2.40. The van der Waals surface area contributed by atoms with Crippen LogP contribution in [0.4, 0.5) is 8.78 Å². The van der Waals surface area contributed by atoms with Crippen molar-refractivity contribution in [1.82, 2.24) is 0 Å². The number of halogens is 2. The van der Waals surface area contributed by atoms with E-state index in [1.807, 2.05) is 13.8 Å². The van der Waals surface area contributed by atoms with Gasteiger partial charge in [0.1, 0.15) is 0 Å². The molecule has 0 bridgehead atoms. The maximum absolute atomic E-state index is 11.9. The minimum absolute atomic E-state index is 0.212. The van der Waals surface area contributed by atoms with E-state index in [0.717, 1.165) is 6.08 Å². The monoisotopic (exact) mass is 192 g/mol. The number of ether oxygens (including phenoxy) is 1. The van der Waals surface area contributed by atoms with Crippen LogP contribution in [0.2, 0.25) is 0 Å². The van der Waals surface area contributed by atoms with E-state index in [4.69, 9.17) is 0 Å². The lowest BCUT2D eigenvalue weighted by atomic mass is 10.2. The Bertz CT molecular complexity index is 198. The highest BCUT2D eigenvalue weighted by Crippen LogP contribution is 2.07. The van der Waals surface area contributed by atoms with Crippen LogP contribution in [0.25, 0.3) is 0 Å². The van der Waals surface area contributed by atoms with Crippen molar-refractivity contribution in [2.75, 3.05) is 6.61 Å². The topological polar surface area (TPSA) is 26.3 Å². The molecule has 0 radical (unpaired) electrons. The lowest BCUT2D eigenvalue weighted by Crippen LogP contribution is -2.08. The second-order valence-corrected chi connectivity index (χ2v) is 3.21. The quantitative estimate of drug-likeness (QED) is 0.505. The third kappa shape index (κ3) is 6.25. The van der Waals surface area contributed by atoms with E-state index in [0.29, 0.717) is 0 Å². The highest BCUT2D eigenvalue weighted by Gasteiger charge is 2.08. The Morgan fingerprint density at radius 2 is 2.00 bits per heavy atom. The fraction of sp³-hybridized carbons (Fsp3) is 0.667. The minimum atomic E-state index is -2.59.